The molecule has 2 heterocycles. The van der Waals surface area contributed by atoms with Crippen LogP contribution in [0, 0.1) is 5.92 Å². The minimum atomic E-state index is 0.651. The molecule has 1 aliphatic carbocycles. The van der Waals surface area contributed by atoms with Crippen molar-refractivity contribution in [3.05, 3.63) is 48.2 Å². The molecule has 20 heavy (non-hydrogen) atoms. The number of fused-ring (bicyclic) bond motifs is 2. The van der Waals surface area contributed by atoms with Crippen LogP contribution < -0.4 is 0 Å². The first-order chi connectivity index (χ1) is 9.78. The van der Waals surface area contributed by atoms with Gasteiger partial charge in [-0.1, -0.05) is 25.1 Å². The van der Waals surface area contributed by atoms with Gasteiger partial charge in [0.2, 0.25) is 0 Å². The van der Waals surface area contributed by atoms with Gasteiger partial charge >= 0.3 is 0 Å². The fourth-order valence-corrected chi connectivity index (χ4v) is 4.42. The van der Waals surface area contributed by atoms with Crippen molar-refractivity contribution in [2.24, 2.45) is 5.92 Å². The van der Waals surface area contributed by atoms with Crippen LogP contribution >= 0.6 is 0 Å². The number of piperidine rings is 1. The molecule has 0 spiro atoms. The van der Waals surface area contributed by atoms with Gasteiger partial charge in [-0.15, -0.1) is 6.58 Å². The molecule has 1 N–H and O–H groups in total. The average Bonchev–Trinajstić information content (AvgIpc) is 2.85. The van der Waals surface area contributed by atoms with Crippen molar-refractivity contribution in [1.29, 1.82) is 0 Å². The molecular weight excluding hydrogens is 244 g/mol. The number of nitrogens with one attached hydrogen (secondary N) is 1. The lowest BCUT2D eigenvalue weighted by molar-refractivity contribution is 0.104. The van der Waals surface area contributed by atoms with E-state index in [4.69, 9.17) is 0 Å². The number of hydrogen-bond acceptors (Lipinski definition) is 1. The standard InChI is InChI=1S/C18H22N2/c1-3-7-20-11-12(2)8-15-14-5-4-6-16-18(14)13(10-19-16)9-17(15)20/h3-6,10,12,15,17,19H,1,7-9,11H2,2H3/t12-,15-,17-/m1/s1. The van der Waals surface area contributed by atoms with Crippen molar-refractivity contribution in [3.8, 4) is 0 Å². The first kappa shape index (κ1) is 12.2. The van der Waals surface area contributed by atoms with Crippen LogP contribution in [0.4, 0.5) is 0 Å². The Hall–Kier alpha value is -1.54. The molecule has 0 unspecified atom stereocenters. The molecule has 1 fully saturated rings. The third-order valence-corrected chi connectivity index (χ3v) is 5.15. The number of hydrogen-bond donors (Lipinski definition) is 1. The van der Waals surface area contributed by atoms with Gasteiger partial charge < -0.3 is 4.98 Å². The number of rotatable bonds is 2. The fraction of sp³-hybridized carbons (Fsp3) is 0.444. The summed E-state index contributed by atoms with van der Waals surface area (Å²) in [4.78, 5) is 6.09. The summed E-state index contributed by atoms with van der Waals surface area (Å²) in [5, 5.41) is 1.50. The molecule has 0 amide bonds. The summed E-state index contributed by atoms with van der Waals surface area (Å²) in [6.45, 7) is 8.56. The number of benzene rings is 1. The predicted molar refractivity (Wildman–Crippen MR) is 84.1 cm³/mol. The van der Waals surface area contributed by atoms with Gasteiger partial charge in [-0.3, -0.25) is 4.90 Å². The average molecular weight is 266 g/mol. The second-order valence-electron chi connectivity index (χ2n) is 6.55. The smallest absolute Gasteiger partial charge is 0.0459 e. The van der Waals surface area contributed by atoms with Crippen LogP contribution in [0.3, 0.4) is 0 Å². The lowest BCUT2D eigenvalue weighted by Gasteiger charge is -2.46. The highest BCUT2D eigenvalue weighted by molar-refractivity contribution is 5.88. The summed E-state index contributed by atoms with van der Waals surface area (Å²) in [7, 11) is 0. The topological polar surface area (TPSA) is 19.0 Å². The zero-order valence-corrected chi connectivity index (χ0v) is 12.1. The third kappa shape index (κ3) is 1.68. The molecule has 0 bridgehead atoms. The van der Waals surface area contributed by atoms with E-state index in [0.717, 1.165) is 12.5 Å². The van der Waals surface area contributed by atoms with Gasteiger partial charge in [0.05, 0.1) is 0 Å². The quantitative estimate of drug-likeness (QED) is 0.821. The zero-order chi connectivity index (χ0) is 13.7. The molecule has 2 heteroatoms. The monoisotopic (exact) mass is 266 g/mol. The van der Waals surface area contributed by atoms with E-state index in [-0.39, 0.29) is 0 Å². The molecule has 104 valence electrons. The minimum Gasteiger partial charge on any atom is -0.361 e. The van der Waals surface area contributed by atoms with E-state index < -0.39 is 0 Å². The number of likely N-dealkylation sites (tertiary alicyclic amines) is 1. The van der Waals surface area contributed by atoms with Gasteiger partial charge in [0.25, 0.3) is 0 Å². The largest absolute Gasteiger partial charge is 0.361 e. The van der Waals surface area contributed by atoms with Crippen LogP contribution in [0.1, 0.15) is 30.4 Å². The van der Waals surface area contributed by atoms with Crippen molar-refractivity contribution in [2.45, 2.75) is 31.7 Å². The number of aromatic nitrogens is 1. The van der Waals surface area contributed by atoms with Crippen LogP contribution in [0.5, 0.6) is 0 Å². The van der Waals surface area contributed by atoms with E-state index in [1.807, 2.05) is 0 Å². The van der Waals surface area contributed by atoms with Gasteiger partial charge in [-0.25, -0.2) is 0 Å². The van der Waals surface area contributed by atoms with Crippen molar-refractivity contribution in [1.82, 2.24) is 9.88 Å². The van der Waals surface area contributed by atoms with Gasteiger partial charge in [0, 0.05) is 42.1 Å². The van der Waals surface area contributed by atoms with Gasteiger partial charge in [-0.05, 0) is 36.0 Å². The molecule has 3 atom stereocenters. The maximum absolute atomic E-state index is 3.94. The molecule has 0 saturated carbocycles. The minimum absolute atomic E-state index is 0.651. The molecule has 1 aromatic heterocycles. The SMILES string of the molecule is C=CCN1C[C@H](C)C[C@@H]2c3cccc4[nH]cc(c34)C[C@H]21. The van der Waals surface area contributed by atoms with Gasteiger partial charge in [0.1, 0.15) is 0 Å². The van der Waals surface area contributed by atoms with Crippen molar-refractivity contribution >= 4 is 10.9 Å². The summed E-state index contributed by atoms with van der Waals surface area (Å²) in [5.74, 6) is 1.46. The number of nitrogens with zero attached hydrogens (tertiary/aromatic N) is 1. The molecule has 1 saturated heterocycles. The van der Waals surface area contributed by atoms with Crippen molar-refractivity contribution in [3.63, 3.8) is 0 Å². The third-order valence-electron chi connectivity index (χ3n) is 5.15. The summed E-state index contributed by atoms with van der Waals surface area (Å²) in [5.41, 5.74) is 4.38. The maximum atomic E-state index is 3.94. The first-order valence-electron chi connectivity index (χ1n) is 7.71. The van der Waals surface area contributed by atoms with E-state index in [0.29, 0.717) is 12.0 Å². The normalized spacial score (nSPS) is 29.4. The Labute approximate surface area is 120 Å². The Kier molecular flexibility index (Phi) is 2.74. The van der Waals surface area contributed by atoms with E-state index in [9.17, 15) is 0 Å². The van der Waals surface area contributed by atoms with Crippen LogP contribution in [-0.4, -0.2) is 29.0 Å². The molecule has 2 nitrogen and oxygen atoms in total. The Balaban J connectivity index is 1.84. The van der Waals surface area contributed by atoms with E-state index in [1.165, 1.54) is 35.9 Å². The fourth-order valence-electron chi connectivity index (χ4n) is 4.42. The van der Waals surface area contributed by atoms with Crippen LogP contribution in [0.2, 0.25) is 0 Å². The molecule has 1 aromatic carbocycles. The van der Waals surface area contributed by atoms with E-state index in [2.05, 4.69) is 53.9 Å². The Morgan fingerprint density at radius 2 is 2.35 bits per heavy atom. The molecule has 1 aliphatic heterocycles. The first-order valence-corrected chi connectivity index (χ1v) is 7.71. The summed E-state index contributed by atoms with van der Waals surface area (Å²) in [6, 6.07) is 7.41. The number of H-pyrrole nitrogens is 1. The van der Waals surface area contributed by atoms with Crippen LogP contribution in [0.15, 0.2) is 37.1 Å². The van der Waals surface area contributed by atoms with Gasteiger partial charge in [-0.2, -0.15) is 0 Å². The summed E-state index contributed by atoms with van der Waals surface area (Å²) >= 11 is 0. The second-order valence-corrected chi connectivity index (χ2v) is 6.55. The van der Waals surface area contributed by atoms with Crippen LogP contribution in [0.25, 0.3) is 10.9 Å². The maximum Gasteiger partial charge on any atom is 0.0459 e. The Morgan fingerprint density at radius 3 is 3.20 bits per heavy atom. The highest BCUT2D eigenvalue weighted by atomic mass is 15.2. The summed E-state index contributed by atoms with van der Waals surface area (Å²) in [6.07, 6.45) is 6.78. The molecule has 2 aromatic rings. The Bertz CT molecular complexity index is 654. The van der Waals surface area contributed by atoms with Crippen molar-refractivity contribution < 1.29 is 0 Å². The molecule has 4 rings (SSSR count). The molecule has 0 radical (unpaired) electrons. The van der Waals surface area contributed by atoms with E-state index >= 15 is 0 Å². The number of aromatic amines is 1. The zero-order valence-electron chi connectivity index (χ0n) is 12.1. The van der Waals surface area contributed by atoms with E-state index in [1.54, 1.807) is 5.56 Å². The molecule has 2 aliphatic rings. The highest BCUT2D eigenvalue weighted by Gasteiger charge is 2.39. The molecular formula is C18H22N2. The van der Waals surface area contributed by atoms with Crippen molar-refractivity contribution in [2.75, 3.05) is 13.1 Å². The highest BCUT2D eigenvalue weighted by Crippen LogP contribution is 2.44. The predicted octanol–water partition coefficient (Wildman–Crippen LogP) is 3.70. The summed E-state index contributed by atoms with van der Waals surface area (Å²) < 4.78 is 0. The van der Waals surface area contributed by atoms with Gasteiger partial charge in [0.15, 0.2) is 0 Å². The lowest BCUT2D eigenvalue weighted by Crippen LogP contribution is -2.49. The Morgan fingerprint density at radius 1 is 1.45 bits per heavy atom. The van der Waals surface area contributed by atoms with Crippen LogP contribution in [-0.2, 0) is 6.42 Å². The lowest BCUT2D eigenvalue weighted by atomic mass is 9.72. The second kappa shape index (κ2) is 4.49.